The van der Waals surface area contributed by atoms with Gasteiger partial charge in [0.15, 0.2) is 6.10 Å². The zero-order valence-corrected chi connectivity index (χ0v) is 15.1. The van der Waals surface area contributed by atoms with Gasteiger partial charge in [-0.3, -0.25) is 4.79 Å². The molecule has 0 fully saturated rings. The molecule has 1 unspecified atom stereocenters. The molecule has 0 bridgehead atoms. The van der Waals surface area contributed by atoms with Crippen LogP contribution < -0.4 is 0 Å². The van der Waals surface area contributed by atoms with Gasteiger partial charge in [-0.25, -0.2) is 0 Å². The minimum absolute atomic E-state index is 0.140. The molecule has 0 spiro atoms. The summed E-state index contributed by atoms with van der Waals surface area (Å²) in [5.41, 5.74) is 0.791. The third-order valence-corrected chi connectivity index (χ3v) is 3.36. The monoisotopic (exact) mass is 316 g/mol. The maximum absolute atomic E-state index is 11.9. The van der Waals surface area contributed by atoms with Crippen LogP contribution in [0.1, 0.15) is 78.6 Å². The van der Waals surface area contributed by atoms with Crippen LogP contribution in [-0.4, -0.2) is 12.1 Å². The predicted octanol–water partition coefficient (Wildman–Crippen LogP) is 5.28. The Morgan fingerprint density at radius 1 is 1.13 bits per heavy atom. The molecule has 0 rings (SSSR count). The van der Waals surface area contributed by atoms with Gasteiger partial charge in [0, 0.05) is 12.8 Å². The second kappa shape index (κ2) is 14.0. The maximum Gasteiger partial charge on any atom is 0.307 e. The van der Waals surface area contributed by atoms with Crippen LogP contribution in [0.3, 0.4) is 0 Å². The first-order chi connectivity index (χ1) is 11.0. The van der Waals surface area contributed by atoms with Crippen molar-refractivity contribution in [2.75, 3.05) is 0 Å². The summed E-state index contributed by atoms with van der Waals surface area (Å²) in [5.74, 6) is 8.88. The molecule has 0 amide bonds. The van der Waals surface area contributed by atoms with Gasteiger partial charge in [0.05, 0.1) is 0 Å². The number of allylic oxidation sites excluding steroid dienone is 1. The summed E-state index contributed by atoms with van der Waals surface area (Å²) in [5, 5.41) is 0. The van der Waals surface area contributed by atoms with E-state index in [0.29, 0.717) is 12.3 Å². The quantitative estimate of drug-likeness (QED) is 0.294. The highest BCUT2D eigenvalue weighted by Gasteiger charge is 2.13. The van der Waals surface area contributed by atoms with Crippen LogP contribution in [0.25, 0.3) is 0 Å². The number of esters is 1. The van der Waals surface area contributed by atoms with E-state index in [1.165, 1.54) is 12.8 Å². The van der Waals surface area contributed by atoms with Crippen LogP contribution in [0, 0.1) is 30.1 Å². The molecular weight excluding hydrogens is 284 g/mol. The molecule has 0 radical (unpaired) electrons. The Balaban J connectivity index is 3.93. The Morgan fingerprint density at radius 3 is 2.30 bits per heavy atom. The summed E-state index contributed by atoms with van der Waals surface area (Å²) in [6.07, 6.45) is 13.6. The van der Waals surface area contributed by atoms with E-state index in [-0.39, 0.29) is 12.1 Å². The first-order valence-electron chi connectivity index (χ1n) is 8.75. The van der Waals surface area contributed by atoms with Crippen LogP contribution >= 0.6 is 0 Å². The molecule has 0 aromatic rings. The normalized spacial score (nSPS) is 11.3. The molecule has 0 aromatic carbocycles. The van der Waals surface area contributed by atoms with E-state index in [0.717, 1.165) is 44.1 Å². The number of terminal acetylenes is 1. The summed E-state index contributed by atoms with van der Waals surface area (Å²) in [7, 11) is 0. The zero-order valence-electron chi connectivity index (χ0n) is 15.1. The van der Waals surface area contributed by atoms with E-state index in [2.05, 4.69) is 38.2 Å². The summed E-state index contributed by atoms with van der Waals surface area (Å²) in [4.78, 5) is 11.9. The van der Waals surface area contributed by atoms with E-state index in [9.17, 15) is 4.79 Å². The van der Waals surface area contributed by atoms with Gasteiger partial charge in [-0.1, -0.05) is 58.0 Å². The number of hydrogen-bond acceptors (Lipinski definition) is 2. The van der Waals surface area contributed by atoms with Crippen LogP contribution in [0.5, 0.6) is 0 Å². The Morgan fingerprint density at radius 2 is 1.74 bits per heavy atom. The van der Waals surface area contributed by atoms with Gasteiger partial charge in [0.1, 0.15) is 0 Å². The largest absolute Gasteiger partial charge is 0.449 e. The molecule has 0 N–H and O–H groups in total. The number of ether oxygens (including phenoxy) is 1. The standard InChI is InChI=1S/C21H32O2/c1-6-7-8-9-10-11-12-13-14-21(22)23-20(17-19(4)5)16-15-18(2)3/h1,19-20H,2,7-14,17H2,3-5H3. The second-order valence-corrected chi connectivity index (χ2v) is 6.48. The first kappa shape index (κ1) is 21.3. The lowest BCUT2D eigenvalue weighted by molar-refractivity contribution is -0.147. The topological polar surface area (TPSA) is 26.3 Å². The van der Waals surface area contributed by atoms with Crippen molar-refractivity contribution in [3.63, 3.8) is 0 Å². The lowest BCUT2D eigenvalue weighted by atomic mass is 10.1. The van der Waals surface area contributed by atoms with E-state index in [1.807, 2.05) is 6.92 Å². The Bertz CT molecular complexity index is 443. The molecule has 1 atom stereocenters. The van der Waals surface area contributed by atoms with Crippen molar-refractivity contribution in [3.05, 3.63) is 12.2 Å². The highest BCUT2D eigenvalue weighted by molar-refractivity contribution is 5.69. The summed E-state index contributed by atoms with van der Waals surface area (Å²) < 4.78 is 5.50. The van der Waals surface area contributed by atoms with Crippen LogP contribution in [0.15, 0.2) is 12.2 Å². The SMILES string of the molecule is C#CCCCCCCCCC(=O)OC(C#CC(=C)C)CC(C)C. The average Bonchev–Trinajstić information content (AvgIpc) is 2.47. The predicted molar refractivity (Wildman–Crippen MR) is 97.7 cm³/mol. The number of hydrogen-bond donors (Lipinski definition) is 0. The molecular formula is C21H32O2. The Hall–Kier alpha value is -1.67. The second-order valence-electron chi connectivity index (χ2n) is 6.48. The molecule has 0 aromatic heterocycles. The first-order valence-corrected chi connectivity index (χ1v) is 8.75. The van der Waals surface area contributed by atoms with E-state index in [4.69, 9.17) is 11.2 Å². The van der Waals surface area contributed by atoms with Gasteiger partial charge in [-0.15, -0.1) is 12.3 Å². The maximum atomic E-state index is 11.9. The van der Waals surface area contributed by atoms with Gasteiger partial charge < -0.3 is 4.74 Å². The fourth-order valence-corrected chi connectivity index (χ4v) is 2.19. The molecule has 0 aliphatic heterocycles. The van der Waals surface area contributed by atoms with Gasteiger partial charge in [0.25, 0.3) is 0 Å². The highest BCUT2D eigenvalue weighted by atomic mass is 16.5. The fourth-order valence-electron chi connectivity index (χ4n) is 2.19. The molecule has 2 heteroatoms. The third-order valence-electron chi connectivity index (χ3n) is 3.36. The fraction of sp³-hybridized carbons (Fsp3) is 0.667. The van der Waals surface area contributed by atoms with E-state index < -0.39 is 0 Å². The average molecular weight is 316 g/mol. The molecule has 0 heterocycles. The van der Waals surface area contributed by atoms with E-state index >= 15 is 0 Å². The summed E-state index contributed by atoms with van der Waals surface area (Å²) in [6.45, 7) is 9.81. The van der Waals surface area contributed by atoms with Gasteiger partial charge in [-0.05, 0) is 37.7 Å². The third kappa shape index (κ3) is 15.0. The van der Waals surface area contributed by atoms with Crippen molar-refractivity contribution in [2.45, 2.75) is 84.7 Å². The number of rotatable bonds is 11. The highest BCUT2D eigenvalue weighted by Crippen LogP contribution is 2.12. The molecule has 0 saturated heterocycles. The lowest BCUT2D eigenvalue weighted by Gasteiger charge is -2.14. The van der Waals surface area contributed by atoms with Gasteiger partial charge in [-0.2, -0.15) is 0 Å². The van der Waals surface area contributed by atoms with Crippen molar-refractivity contribution in [3.8, 4) is 24.2 Å². The van der Waals surface area contributed by atoms with Crippen LogP contribution in [0.4, 0.5) is 0 Å². The van der Waals surface area contributed by atoms with Crippen molar-refractivity contribution >= 4 is 5.97 Å². The summed E-state index contributed by atoms with van der Waals surface area (Å²) >= 11 is 0. The van der Waals surface area contributed by atoms with Crippen molar-refractivity contribution in [1.29, 1.82) is 0 Å². The lowest BCUT2D eigenvalue weighted by Crippen LogP contribution is -2.18. The van der Waals surface area contributed by atoms with Gasteiger partial charge >= 0.3 is 5.97 Å². The molecule has 23 heavy (non-hydrogen) atoms. The van der Waals surface area contributed by atoms with Crippen LogP contribution in [-0.2, 0) is 9.53 Å². The van der Waals surface area contributed by atoms with Gasteiger partial charge in [0.2, 0.25) is 0 Å². The van der Waals surface area contributed by atoms with Crippen LogP contribution in [0.2, 0.25) is 0 Å². The smallest absolute Gasteiger partial charge is 0.307 e. The molecule has 0 saturated carbocycles. The minimum Gasteiger partial charge on any atom is -0.449 e. The zero-order chi connectivity index (χ0) is 17.5. The van der Waals surface area contributed by atoms with Crippen molar-refractivity contribution in [2.24, 2.45) is 5.92 Å². The molecule has 128 valence electrons. The molecule has 0 aliphatic rings. The Labute approximate surface area is 143 Å². The number of unbranched alkanes of at least 4 members (excludes halogenated alkanes) is 6. The molecule has 0 aliphatic carbocycles. The summed E-state index contributed by atoms with van der Waals surface area (Å²) in [6, 6.07) is 0. The number of carbonyl (C=O) groups excluding carboxylic acids is 1. The van der Waals surface area contributed by atoms with Crippen molar-refractivity contribution < 1.29 is 9.53 Å². The minimum atomic E-state index is -0.317. The van der Waals surface area contributed by atoms with E-state index in [1.54, 1.807) is 0 Å². The molecule has 2 nitrogen and oxygen atoms in total. The van der Waals surface area contributed by atoms with Crippen molar-refractivity contribution in [1.82, 2.24) is 0 Å². The Kier molecular flexibility index (Phi) is 12.9. The number of carbonyl (C=O) groups is 1.